The molecule has 1 amide bonds. The van der Waals surface area contributed by atoms with Gasteiger partial charge < -0.3 is 20.0 Å². The minimum absolute atomic E-state index is 0.164. The van der Waals surface area contributed by atoms with Crippen LogP contribution in [0, 0.1) is 5.92 Å². The van der Waals surface area contributed by atoms with Crippen LogP contribution in [0.25, 0.3) is 0 Å². The average Bonchev–Trinajstić information content (AvgIpc) is 3.17. The number of piperazine rings is 1. The molecule has 0 saturated carbocycles. The van der Waals surface area contributed by atoms with Crippen molar-refractivity contribution < 1.29 is 4.79 Å². The number of guanidine groups is 1. The maximum atomic E-state index is 12.6. The van der Waals surface area contributed by atoms with Crippen molar-refractivity contribution in [2.75, 3.05) is 59.4 Å². The van der Waals surface area contributed by atoms with Gasteiger partial charge in [-0.2, -0.15) is 0 Å². The van der Waals surface area contributed by atoms with Crippen LogP contribution in [-0.2, 0) is 11.2 Å². The van der Waals surface area contributed by atoms with E-state index in [0.717, 1.165) is 44.2 Å². The smallest absolute Gasteiger partial charge is 0.227 e. The van der Waals surface area contributed by atoms with Crippen LogP contribution < -0.4 is 5.32 Å². The molecule has 1 unspecified atom stereocenters. The van der Waals surface area contributed by atoms with Gasteiger partial charge in [-0.1, -0.05) is 30.7 Å². The molecule has 2 aliphatic heterocycles. The molecule has 29 heavy (non-hydrogen) atoms. The number of hydrogen-bond donors (Lipinski definition) is 1. The number of nitrogens with one attached hydrogen (secondary N) is 1. The Labute approximate surface area is 179 Å². The Morgan fingerprint density at radius 1 is 1.21 bits per heavy atom. The lowest BCUT2D eigenvalue weighted by molar-refractivity contribution is -0.131. The normalized spacial score (nSPS) is 20.9. The Bertz CT molecular complexity index is 702. The molecule has 0 radical (unpaired) electrons. The van der Waals surface area contributed by atoms with E-state index in [-0.39, 0.29) is 5.91 Å². The number of benzene rings is 1. The number of likely N-dealkylation sites (tertiary alicyclic amines) is 1. The fourth-order valence-electron chi connectivity index (χ4n) is 4.27. The van der Waals surface area contributed by atoms with Gasteiger partial charge in [-0.05, 0) is 49.5 Å². The highest BCUT2D eigenvalue weighted by Crippen LogP contribution is 2.16. The second kappa shape index (κ2) is 10.8. The number of halogens is 1. The van der Waals surface area contributed by atoms with Gasteiger partial charge in [-0.15, -0.1) is 0 Å². The molecule has 0 aromatic heterocycles. The monoisotopic (exact) mass is 419 g/mol. The van der Waals surface area contributed by atoms with Gasteiger partial charge in [0, 0.05) is 51.3 Å². The predicted octanol–water partition coefficient (Wildman–Crippen LogP) is 2.33. The predicted molar refractivity (Wildman–Crippen MR) is 120 cm³/mol. The van der Waals surface area contributed by atoms with Crippen molar-refractivity contribution in [3.63, 3.8) is 0 Å². The van der Waals surface area contributed by atoms with E-state index >= 15 is 0 Å². The van der Waals surface area contributed by atoms with Gasteiger partial charge in [-0.25, -0.2) is 0 Å². The Balaban J connectivity index is 1.42. The number of carbonyl (C=O) groups is 1. The highest BCUT2D eigenvalue weighted by Gasteiger charge is 2.25. The molecule has 0 bridgehead atoms. The van der Waals surface area contributed by atoms with Crippen molar-refractivity contribution in [3.05, 3.63) is 34.9 Å². The number of hydrogen-bond acceptors (Lipinski definition) is 3. The summed E-state index contributed by atoms with van der Waals surface area (Å²) in [5.41, 5.74) is 0.969. The topological polar surface area (TPSA) is 51.2 Å². The second-order valence-corrected chi connectivity index (χ2v) is 8.49. The zero-order chi connectivity index (χ0) is 20.6. The fraction of sp³-hybridized carbons (Fsp3) is 0.636. The highest BCUT2D eigenvalue weighted by atomic mass is 35.5. The summed E-state index contributed by atoms with van der Waals surface area (Å²) >= 11 is 6.03. The van der Waals surface area contributed by atoms with E-state index in [1.165, 1.54) is 32.5 Å². The van der Waals surface area contributed by atoms with Crippen LogP contribution in [0.2, 0.25) is 5.02 Å². The van der Waals surface area contributed by atoms with Gasteiger partial charge in [0.2, 0.25) is 5.91 Å². The van der Waals surface area contributed by atoms with Crippen LogP contribution in [0.5, 0.6) is 0 Å². The number of rotatable bonds is 6. The lowest BCUT2D eigenvalue weighted by Crippen LogP contribution is -2.54. The Morgan fingerprint density at radius 2 is 1.97 bits per heavy atom. The van der Waals surface area contributed by atoms with Crippen LogP contribution in [-0.4, -0.2) is 86.0 Å². The lowest BCUT2D eigenvalue weighted by Gasteiger charge is -2.36. The molecule has 3 rings (SSSR count). The third-order valence-corrected chi connectivity index (χ3v) is 6.08. The molecule has 2 saturated heterocycles. The molecule has 1 aromatic carbocycles. The van der Waals surface area contributed by atoms with Crippen LogP contribution in [0.4, 0.5) is 0 Å². The molecule has 2 heterocycles. The summed E-state index contributed by atoms with van der Waals surface area (Å²) in [6.45, 7) is 9.91. The van der Waals surface area contributed by atoms with Crippen molar-refractivity contribution in [3.8, 4) is 0 Å². The fourth-order valence-corrected chi connectivity index (χ4v) is 4.48. The first-order chi connectivity index (χ1) is 14.1. The maximum Gasteiger partial charge on any atom is 0.227 e. The Kier molecular flexibility index (Phi) is 8.19. The molecule has 160 valence electrons. The van der Waals surface area contributed by atoms with Gasteiger partial charge in [0.05, 0.1) is 6.42 Å². The number of amides is 1. The minimum atomic E-state index is 0.164. The zero-order valence-electron chi connectivity index (χ0n) is 17.7. The second-order valence-electron chi connectivity index (χ2n) is 8.06. The van der Waals surface area contributed by atoms with Crippen molar-refractivity contribution >= 4 is 23.5 Å². The van der Waals surface area contributed by atoms with E-state index in [1.54, 1.807) is 0 Å². The minimum Gasteiger partial charge on any atom is -0.356 e. The molecule has 1 aromatic rings. The van der Waals surface area contributed by atoms with Crippen LogP contribution in [0.15, 0.2) is 29.3 Å². The van der Waals surface area contributed by atoms with Crippen molar-refractivity contribution in [2.45, 2.75) is 26.2 Å². The maximum absolute atomic E-state index is 12.6. The highest BCUT2D eigenvalue weighted by molar-refractivity contribution is 6.30. The molecule has 7 heteroatoms. The summed E-state index contributed by atoms with van der Waals surface area (Å²) in [4.78, 5) is 23.9. The van der Waals surface area contributed by atoms with Crippen molar-refractivity contribution in [1.82, 2.24) is 20.0 Å². The number of nitrogens with zero attached hydrogens (tertiary/aromatic N) is 4. The average molecular weight is 420 g/mol. The van der Waals surface area contributed by atoms with Crippen molar-refractivity contribution in [2.24, 2.45) is 10.9 Å². The first-order valence-corrected chi connectivity index (χ1v) is 11.2. The standard InChI is InChI=1S/C22H34ClN5O/c1-3-8-26-9-7-19(17-26)16-25-22(24-2)28-12-10-27(11-13-28)21(29)15-18-5-4-6-20(23)14-18/h4-6,14,19H,3,7-13,15-17H2,1-2H3,(H,24,25). The van der Waals surface area contributed by atoms with Crippen LogP contribution in [0.1, 0.15) is 25.3 Å². The van der Waals surface area contributed by atoms with Gasteiger partial charge in [0.25, 0.3) is 0 Å². The van der Waals surface area contributed by atoms with E-state index in [4.69, 9.17) is 11.6 Å². The quantitative estimate of drug-likeness (QED) is 0.568. The summed E-state index contributed by atoms with van der Waals surface area (Å²) in [7, 11) is 1.84. The van der Waals surface area contributed by atoms with E-state index in [0.29, 0.717) is 17.4 Å². The number of aliphatic imine (C=N–C) groups is 1. The van der Waals surface area contributed by atoms with Gasteiger partial charge in [0.15, 0.2) is 5.96 Å². The molecule has 1 atom stereocenters. The van der Waals surface area contributed by atoms with E-state index < -0.39 is 0 Å². The summed E-state index contributed by atoms with van der Waals surface area (Å²) < 4.78 is 0. The van der Waals surface area contributed by atoms with Crippen LogP contribution >= 0.6 is 11.6 Å². The van der Waals surface area contributed by atoms with Gasteiger partial charge >= 0.3 is 0 Å². The largest absolute Gasteiger partial charge is 0.356 e. The Morgan fingerprint density at radius 3 is 2.66 bits per heavy atom. The summed E-state index contributed by atoms with van der Waals surface area (Å²) in [6, 6.07) is 7.55. The van der Waals surface area contributed by atoms with Crippen LogP contribution in [0.3, 0.4) is 0 Å². The molecule has 2 fully saturated rings. The first-order valence-electron chi connectivity index (χ1n) is 10.8. The SMILES string of the molecule is CCCN1CCC(CNC(=NC)N2CCN(C(=O)Cc3cccc(Cl)c3)CC2)C1. The van der Waals surface area contributed by atoms with Gasteiger partial charge in [-0.3, -0.25) is 9.79 Å². The summed E-state index contributed by atoms with van der Waals surface area (Å²) in [5, 5.41) is 4.24. The third-order valence-electron chi connectivity index (χ3n) is 5.85. The molecular formula is C22H34ClN5O. The summed E-state index contributed by atoms with van der Waals surface area (Å²) in [6.07, 6.45) is 2.89. The van der Waals surface area contributed by atoms with E-state index in [1.807, 2.05) is 36.2 Å². The van der Waals surface area contributed by atoms with E-state index in [2.05, 4.69) is 27.0 Å². The molecule has 0 aliphatic carbocycles. The van der Waals surface area contributed by atoms with E-state index in [9.17, 15) is 4.79 Å². The molecule has 6 nitrogen and oxygen atoms in total. The molecule has 1 N–H and O–H groups in total. The molecular weight excluding hydrogens is 386 g/mol. The number of carbonyl (C=O) groups excluding carboxylic acids is 1. The Hall–Kier alpha value is -1.79. The lowest BCUT2D eigenvalue weighted by atomic mass is 10.1. The third kappa shape index (κ3) is 6.34. The zero-order valence-corrected chi connectivity index (χ0v) is 18.5. The molecule has 2 aliphatic rings. The first kappa shape index (κ1) is 21.9. The molecule has 0 spiro atoms. The summed E-state index contributed by atoms with van der Waals surface area (Å²) in [5.74, 6) is 1.82. The van der Waals surface area contributed by atoms with Gasteiger partial charge in [0.1, 0.15) is 0 Å². The van der Waals surface area contributed by atoms with Crippen molar-refractivity contribution in [1.29, 1.82) is 0 Å².